The van der Waals surface area contributed by atoms with Crippen molar-refractivity contribution in [2.75, 3.05) is 5.73 Å². The fourth-order valence-corrected chi connectivity index (χ4v) is 2.07. The van der Waals surface area contributed by atoms with Crippen LogP contribution in [0.2, 0.25) is 0 Å². The van der Waals surface area contributed by atoms with Crippen molar-refractivity contribution in [3.8, 4) is 5.75 Å². The molecule has 0 aliphatic rings. The molecule has 1 heterocycles. The summed E-state index contributed by atoms with van der Waals surface area (Å²) in [4.78, 5) is 12.2. The summed E-state index contributed by atoms with van der Waals surface area (Å²) in [5.74, 6) is 0.658. The van der Waals surface area contributed by atoms with Gasteiger partial charge in [0.15, 0.2) is 6.73 Å². The van der Waals surface area contributed by atoms with E-state index in [0.717, 1.165) is 5.56 Å². The summed E-state index contributed by atoms with van der Waals surface area (Å²) in [5, 5.41) is 8.40. The van der Waals surface area contributed by atoms with Gasteiger partial charge in [-0.3, -0.25) is 4.79 Å². The van der Waals surface area contributed by atoms with Crippen molar-refractivity contribution in [2.24, 2.45) is 0 Å². The van der Waals surface area contributed by atoms with Crippen LogP contribution in [0.5, 0.6) is 5.75 Å². The highest BCUT2D eigenvalue weighted by molar-refractivity contribution is 5.76. The van der Waals surface area contributed by atoms with Gasteiger partial charge in [0, 0.05) is 5.69 Å². The second kappa shape index (κ2) is 5.24. The van der Waals surface area contributed by atoms with Gasteiger partial charge in [-0.05, 0) is 42.8 Å². The first-order valence-electron chi connectivity index (χ1n) is 6.46. The lowest BCUT2D eigenvalue weighted by Crippen LogP contribution is -2.26. The molecule has 0 saturated carbocycles. The molecule has 2 aromatic carbocycles. The Bertz CT molecular complexity index is 858. The van der Waals surface area contributed by atoms with E-state index in [0.29, 0.717) is 22.3 Å². The Hall–Kier alpha value is -2.89. The summed E-state index contributed by atoms with van der Waals surface area (Å²) in [6, 6.07) is 12.4. The lowest BCUT2D eigenvalue weighted by molar-refractivity contribution is 0.209. The van der Waals surface area contributed by atoms with Gasteiger partial charge in [-0.2, -0.15) is 4.68 Å². The third kappa shape index (κ3) is 2.55. The van der Waals surface area contributed by atoms with Crippen LogP contribution in [0.3, 0.4) is 0 Å². The first-order chi connectivity index (χ1) is 10.1. The molecule has 6 heteroatoms. The summed E-state index contributed by atoms with van der Waals surface area (Å²) in [6.45, 7) is 1.89. The van der Waals surface area contributed by atoms with Crippen LogP contribution in [0, 0.1) is 6.92 Å². The number of nitrogens with two attached hydrogens (primary N) is 1. The fourth-order valence-electron chi connectivity index (χ4n) is 2.07. The Morgan fingerprint density at radius 2 is 2.05 bits per heavy atom. The van der Waals surface area contributed by atoms with Gasteiger partial charge in [0.05, 0.1) is 5.39 Å². The van der Waals surface area contributed by atoms with E-state index >= 15 is 0 Å². The predicted octanol–water partition coefficient (Wildman–Crippen LogP) is 1.72. The van der Waals surface area contributed by atoms with E-state index in [2.05, 4.69) is 10.3 Å². The van der Waals surface area contributed by atoms with E-state index in [1.54, 1.807) is 30.3 Å². The van der Waals surface area contributed by atoms with Gasteiger partial charge in [-0.1, -0.05) is 17.3 Å². The summed E-state index contributed by atoms with van der Waals surface area (Å²) in [7, 11) is 0. The molecule has 21 heavy (non-hydrogen) atoms. The zero-order chi connectivity index (χ0) is 14.8. The molecule has 0 saturated heterocycles. The maximum atomic E-state index is 12.2. The van der Waals surface area contributed by atoms with Crippen LogP contribution >= 0.6 is 0 Å². The molecule has 0 bridgehead atoms. The molecule has 3 aromatic rings. The lowest BCUT2D eigenvalue weighted by atomic mass is 10.2. The van der Waals surface area contributed by atoms with Crippen LogP contribution in [0.1, 0.15) is 5.56 Å². The minimum absolute atomic E-state index is 0.00141. The number of nitrogen functional groups attached to an aromatic ring is 1. The minimum atomic E-state index is -0.228. The average molecular weight is 282 g/mol. The number of aromatic nitrogens is 3. The Balaban J connectivity index is 1.88. The summed E-state index contributed by atoms with van der Waals surface area (Å²) in [6.07, 6.45) is 0. The molecule has 0 amide bonds. The van der Waals surface area contributed by atoms with Crippen molar-refractivity contribution in [1.29, 1.82) is 0 Å². The third-order valence-corrected chi connectivity index (χ3v) is 3.17. The van der Waals surface area contributed by atoms with Gasteiger partial charge >= 0.3 is 0 Å². The van der Waals surface area contributed by atoms with Crippen molar-refractivity contribution < 1.29 is 4.74 Å². The molecule has 0 atom stereocenters. The second-order valence-corrected chi connectivity index (χ2v) is 4.71. The van der Waals surface area contributed by atoms with Crippen molar-refractivity contribution in [3.63, 3.8) is 0 Å². The second-order valence-electron chi connectivity index (χ2n) is 4.71. The SMILES string of the molecule is Cc1cc(N)ccc1OCn1nnc2ccccc2c1=O. The summed E-state index contributed by atoms with van der Waals surface area (Å²) < 4.78 is 6.81. The van der Waals surface area contributed by atoms with Crippen LogP contribution in [-0.4, -0.2) is 15.0 Å². The number of hydrogen-bond acceptors (Lipinski definition) is 5. The van der Waals surface area contributed by atoms with E-state index in [4.69, 9.17) is 10.5 Å². The fraction of sp³-hybridized carbons (Fsp3) is 0.133. The zero-order valence-electron chi connectivity index (χ0n) is 11.5. The van der Waals surface area contributed by atoms with Gasteiger partial charge in [0.1, 0.15) is 11.3 Å². The Labute approximate surface area is 120 Å². The van der Waals surface area contributed by atoms with E-state index in [1.807, 2.05) is 19.1 Å². The molecular formula is C15H14N4O2. The number of anilines is 1. The van der Waals surface area contributed by atoms with E-state index in [-0.39, 0.29) is 12.3 Å². The number of ether oxygens (including phenoxy) is 1. The minimum Gasteiger partial charge on any atom is -0.471 e. The Morgan fingerprint density at radius 3 is 2.86 bits per heavy atom. The monoisotopic (exact) mass is 282 g/mol. The Morgan fingerprint density at radius 1 is 1.24 bits per heavy atom. The highest BCUT2D eigenvalue weighted by atomic mass is 16.5. The number of nitrogens with zero attached hydrogens (tertiary/aromatic N) is 3. The smallest absolute Gasteiger partial charge is 0.280 e. The van der Waals surface area contributed by atoms with Crippen LogP contribution in [0.4, 0.5) is 5.69 Å². The molecule has 6 nitrogen and oxygen atoms in total. The molecule has 0 unspecified atom stereocenters. The lowest BCUT2D eigenvalue weighted by Gasteiger charge is -2.10. The molecule has 0 spiro atoms. The van der Waals surface area contributed by atoms with Gasteiger partial charge in [0.25, 0.3) is 5.56 Å². The summed E-state index contributed by atoms with van der Waals surface area (Å²) in [5.41, 5.74) is 7.60. The van der Waals surface area contributed by atoms with Gasteiger partial charge in [0.2, 0.25) is 0 Å². The molecule has 2 N–H and O–H groups in total. The number of fused-ring (bicyclic) bond motifs is 1. The summed E-state index contributed by atoms with van der Waals surface area (Å²) >= 11 is 0. The van der Waals surface area contributed by atoms with E-state index in [1.165, 1.54) is 4.68 Å². The van der Waals surface area contributed by atoms with Crippen molar-refractivity contribution >= 4 is 16.6 Å². The number of rotatable bonds is 3. The molecule has 0 fully saturated rings. The van der Waals surface area contributed by atoms with E-state index < -0.39 is 0 Å². The molecule has 0 aliphatic carbocycles. The van der Waals surface area contributed by atoms with Crippen LogP contribution in [0.15, 0.2) is 47.3 Å². The molecule has 0 radical (unpaired) electrons. The maximum absolute atomic E-state index is 12.2. The quantitative estimate of drug-likeness (QED) is 0.739. The molecule has 106 valence electrons. The molecule has 0 aliphatic heterocycles. The first-order valence-corrected chi connectivity index (χ1v) is 6.46. The molecule has 1 aromatic heterocycles. The van der Waals surface area contributed by atoms with Crippen LogP contribution in [-0.2, 0) is 6.73 Å². The average Bonchev–Trinajstić information content (AvgIpc) is 2.48. The zero-order valence-corrected chi connectivity index (χ0v) is 11.5. The van der Waals surface area contributed by atoms with Crippen molar-refractivity contribution in [1.82, 2.24) is 15.0 Å². The topological polar surface area (TPSA) is 83.0 Å². The normalized spacial score (nSPS) is 10.7. The molecular weight excluding hydrogens is 268 g/mol. The first kappa shape index (κ1) is 13.1. The standard InChI is InChI=1S/C15H14N4O2/c1-10-8-11(16)6-7-14(10)21-9-19-15(20)12-4-2-3-5-13(12)17-18-19/h2-8H,9,16H2,1H3. The third-order valence-electron chi connectivity index (χ3n) is 3.17. The van der Waals surface area contributed by atoms with Crippen molar-refractivity contribution in [2.45, 2.75) is 13.7 Å². The number of aryl methyl sites for hydroxylation is 1. The highest BCUT2D eigenvalue weighted by Gasteiger charge is 2.06. The van der Waals surface area contributed by atoms with Gasteiger partial charge < -0.3 is 10.5 Å². The number of benzene rings is 2. The van der Waals surface area contributed by atoms with Crippen LogP contribution in [0.25, 0.3) is 10.9 Å². The highest BCUT2D eigenvalue weighted by Crippen LogP contribution is 2.20. The largest absolute Gasteiger partial charge is 0.471 e. The predicted molar refractivity (Wildman–Crippen MR) is 80.0 cm³/mol. The number of hydrogen-bond donors (Lipinski definition) is 1. The van der Waals surface area contributed by atoms with E-state index in [9.17, 15) is 4.79 Å². The van der Waals surface area contributed by atoms with Crippen LogP contribution < -0.4 is 16.0 Å². The van der Waals surface area contributed by atoms with Gasteiger partial charge in [-0.25, -0.2) is 0 Å². The molecule has 3 rings (SSSR count). The van der Waals surface area contributed by atoms with Gasteiger partial charge in [-0.15, -0.1) is 5.10 Å². The maximum Gasteiger partial charge on any atom is 0.280 e. The Kier molecular flexibility index (Phi) is 3.27. The van der Waals surface area contributed by atoms with Crippen molar-refractivity contribution in [3.05, 3.63) is 58.4 Å².